The van der Waals surface area contributed by atoms with Gasteiger partial charge in [0.1, 0.15) is 18.2 Å². The van der Waals surface area contributed by atoms with Gasteiger partial charge in [0.25, 0.3) is 0 Å². The molecule has 0 saturated carbocycles. The maximum Gasteiger partial charge on any atom is 0.138 e. The third-order valence-electron chi connectivity index (χ3n) is 7.15. The van der Waals surface area contributed by atoms with E-state index in [1.165, 1.54) is 28.9 Å². The molecule has 0 saturated heterocycles. The van der Waals surface area contributed by atoms with Gasteiger partial charge in [0, 0.05) is 17.8 Å². The van der Waals surface area contributed by atoms with E-state index < -0.39 is 0 Å². The summed E-state index contributed by atoms with van der Waals surface area (Å²) >= 11 is 6.43. The molecule has 3 nitrogen and oxygen atoms in total. The topological polar surface area (TPSA) is 33.6 Å². The van der Waals surface area contributed by atoms with Crippen molar-refractivity contribution >= 4 is 29.2 Å². The van der Waals surface area contributed by atoms with Gasteiger partial charge in [0.15, 0.2) is 0 Å². The SMILES string of the molecule is Fc1ccc(COc2ccc(C=Nc3ccc([C@@H]4Nc5ccccc5[C@H]5C=CC[C@@H]54)cc3)cc2Cl)cc1. The highest BCUT2D eigenvalue weighted by atomic mass is 35.5. The second-order valence-electron chi connectivity index (χ2n) is 9.52. The first-order valence-electron chi connectivity index (χ1n) is 12.5. The largest absolute Gasteiger partial charge is 0.487 e. The monoisotopic (exact) mass is 508 g/mol. The average molecular weight is 509 g/mol. The summed E-state index contributed by atoms with van der Waals surface area (Å²) in [5, 5.41) is 4.28. The Morgan fingerprint density at radius 3 is 2.59 bits per heavy atom. The number of ether oxygens (including phenoxy) is 1. The molecule has 0 amide bonds. The zero-order valence-corrected chi connectivity index (χ0v) is 20.9. The molecule has 0 radical (unpaired) electrons. The Bertz CT molecular complexity index is 1460. The van der Waals surface area contributed by atoms with Crippen LogP contribution >= 0.6 is 11.6 Å². The Hall–Kier alpha value is -3.89. The minimum absolute atomic E-state index is 0.267. The average Bonchev–Trinajstić information content (AvgIpc) is 3.43. The molecule has 37 heavy (non-hydrogen) atoms. The molecule has 0 aromatic heterocycles. The molecule has 184 valence electrons. The lowest BCUT2D eigenvalue weighted by atomic mass is 9.77. The fourth-order valence-corrected chi connectivity index (χ4v) is 5.49. The highest BCUT2D eigenvalue weighted by Gasteiger charge is 2.37. The van der Waals surface area contributed by atoms with E-state index >= 15 is 0 Å². The lowest BCUT2D eigenvalue weighted by molar-refractivity contribution is 0.306. The van der Waals surface area contributed by atoms with Crippen LogP contribution in [0.15, 0.2) is 108 Å². The zero-order valence-electron chi connectivity index (χ0n) is 20.1. The van der Waals surface area contributed by atoms with Gasteiger partial charge in [0.2, 0.25) is 0 Å². The van der Waals surface area contributed by atoms with Crippen molar-refractivity contribution in [3.63, 3.8) is 0 Å². The van der Waals surface area contributed by atoms with Crippen LogP contribution in [0.2, 0.25) is 5.02 Å². The van der Waals surface area contributed by atoms with Gasteiger partial charge in [-0.05, 0) is 83.1 Å². The number of anilines is 1. The number of nitrogens with one attached hydrogen (secondary N) is 1. The van der Waals surface area contributed by atoms with Crippen LogP contribution in [-0.4, -0.2) is 6.21 Å². The smallest absolute Gasteiger partial charge is 0.138 e. The van der Waals surface area contributed by atoms with Crippen molar-refractivity contribution in [3.8, 4) is 5.75 Å². The van der Waals surface area contributed by atoms with Crippen molar-refractivity contribution in [2.24, 2.45) is 10.9 Å². The van der Waals surface area contributed by atoms with Crippen molar-refractivity contribution in [1.82, 2.24) is 0 Å². The van der Waals surface area contributed by atoms with Gasteiger partial charge in [-0.3, -0.25) is 4.99 Å². The third kappa shape index (κ3) is 5.03. The number of hydrogen-bond donors (Lipinski definition) is 1. The summed E-state index contributed by atoms with van der Waals surface area (Å²) in [5.74, 6) is 1.30. The predicted molar refractivity (Wildman–Crippen MR) is 149 cm³/mol. The Balaban J connectivity index is 1.12. The van der Waals surface area contributed by atoms with Gasteiger partial charge < -0.3 is 10.1 Å². The Labute approximate surface area is 221 Å². The predicted octanol–water partition coefficient (Wildman–Crippen LogP) is 8.64. The van der Waals surface area contributed by atoms with Crippen LogP contribution in [-0.2, 0) is 6.61 Å². The summed E-state index contributed by atoms with van der Waals surface area (Å²) in [6.45, 7) is 0.318. The Kier molecular flexibility index (Phi) is 6.50. The van der Waals surface area contributed by atoms with Crippen LogP contribution in [0.4, 0.5) is 15.8 Å². The van der Waals surface area contributed by atoms with Crippen LogP contribution < -0.4 is 10.1 Å². The van der Waals surface area contributed by atoms with Crippen molar-refractivity contribution < 1.29 is 9.13 Å². The number of hydrogen-bond acceptors (Lipinski definition) is 3. The van der Waals surface area contributed by atoms with E-state index in [1.54, 1.807) is 18.3 Å². The highest BCUT2D eigenvalue weighted by molar-refractivity contribution is 6.32. The molecule has 3 atom stereocenters. The van der Waals surface area contributed by atoms with Gasteiger partial charge in [-0.25, -0.2) is 4.39 Å². The first kappa shape index (κ1) is 23.5. The number of nitrogens with zero attached hydrogens (tertiary/aromatic N) is 1. The number of rotatable bonds is 6. The summed E-state index contributed by atoms with van der Waals surface area (Å²) < 4.78 is 18.9. The Morgan fingerprint density at radius 1 is 0.973 bits per heavy atom. The van der Waals surface area contributed by atoms with Gasteiger partial charge in [-0.15, -0.1) is 0 Å². The van der Waals surface area contributed by atoms with Gasteiger partial charge in [0.05, 0.1) is 16.8 Å². The van der Waals surface area contributed by atoms with Crippen LogP contribution in [0.1, 0.15) is 40.6 Å². The van der Waals surface area contributed by atoms with Crippen molar-refractivity contribution in [2.45, 2.75) is 25.0 Å². The van der Waals surface area contributed by atoms with Crippen LogP contribution in [0.25, 0.3) is 0 Å². The maximum atomic E-state index is 13.1. The van der Waals surface area contributed by atoms with E-state index in [2.05, 4.69) is 71.0 Å². The van der Waals surface area contributed by atoms with Gasteiger partial charge in [-0.2, -0.15) is 0 Å². The first-order chi connectivity index (χ1) is 18.1. The number of para-hydroxylation sites is 1. The molecule has 4 aromatic carbocycles. The summed E-state index contributed by atoms with van der Waals surface area (Å²) in [6.07, 6.45) is 7.56. The van der Waals surface area contributed by atoms with E-state index in [9.17, 15) is 4.39 Å². The summed E-state index contributed by atoms with van der Waals surface area (Å²) in [6, 6.07) is 29.2. The molecule has 0 unspecified atom stereocenters. The van der Waals surface area contributed by atoms with E-state index in [0.29, 0.717) is 29.2 Å². The Morgan fingerprint density at radius 2 is 1.78 bits per heavy atom. The molecule has 0 spiro atoms. The van der Waals surface area contributed by atoms with E-state index in [4.69, 9.17) is 16.3 Å². The first-order valence-corrected chi connectivity index (χ1v) is 12.8. The molecule has 1 N–H and O–H groups in total. The molecular weight excluding hydrogens is 483 g/mol. The summed E-state index contributed by atoms with van der Waals surface area (Å²) in [5.41, 5.74) is 6.54. The molecule has 1 aliphatic carbocycles. The molecule has 0 fully saturated rings. The fraction of sp³-hybridized carbons (Fsp3) is 0.156. The van der Waals surface area contributed by atoms with Crippen molar-refractivity contribution in [1.29, 1.82) is 0 Å². The van der Waals surface area contributed by atoms with Gasteiger partial charge >= 0.3 is 0 Å². The molecule has 4 aromatic rings. The van der Waals surface area contributed by atoms with E-state index in [1.807, 2.05) is 18.2 Å². The van der Waals surface area contributed by atoms with Crippen molar-refractivity contribution in [3.05, 3.63) is 136 Å². The summed E-state index contributed by atoms with van der Waals surface area (Å²) in [4.78, 5) is 4.65. The molecule has 1 heterocycles. The molecule has 1 aliphatic heterocycles. The molecule has 0 bridgehead atoms. The molecular formula is C32H26ClFN2O. The highest BCUT2D eigenvalue weighted by Crippen LogP contribution is 2.49. The fourth-order valence-electron chi connectivity index (χ4n) is 5.25. The van der Waals surface area contributed by atoms with Crippen LogP contribution in [0, 0.1) is 11.7 Å². The molecule has 5 heteroatoms. The van der Waals surface area contributed by atoms with Crippen LogP contribution in [0.5, 0.6) is 5.75 Å². The quantitative estimate of drug-likeness (QED) is 0.209. The van der Waals surface area contributed by atoms with Gasteiger partial charge in [-0.1, -0.05) is 66.2 Å². The zero-order chi connectivity index (χ0) is 25.2. The van der Waals surface area contributed by atoms with E-state index in [0.717, 1.165) is 23.2 Å². The lowest BCUT2D eigenvalue weighted by Crippen LogP contribution is -2.28. The third-order valence-corrected chi connectivity index (χ3v) is 7.45. The molecule has 6 rings (SSSR count). The number of aliphatic imine (C=N–C) groups is 1. The standard InChI is InChI=1S/C32H26ClFN2O/c33-29-18-22(10-17-31(29)37-20-21-8-13-24(34)14-9-21)19-35-25-15-11-23(12-16-25)32-28-6-3-5-26(28)27-4-1-2-7-30(27)36-32/h1-5,7-19,26,28,32,36H,6,20H2/t26-,28+,32+/m1/s1. The second kappa shape index (κ2) is 10.2. The van der Waals surface area contributed by atoms with Crippen LogP contribution in [0.3, 0.4) is 0 Å². The lowest BCUT2D eigenvalue weighted by Gasteiger charge is -2.37. The second-order valence-corrected chi connectivity index (χ2v) is 9.92. The minimum atomic E-state index is -0.267. The minimum Gasteiger partial charge on any atom is -0.487 e. The number of halogens is 2. The van der Waals surface area contributed by atoms with Crippen molar-refractivity contribution in [2.75, 3.05) is 5.32 Å². The molecule has 2 aliphatic rings. The number of allylic oxidation sites excluding steroid dienone is 2. The number of fused-ring (bicyclic) bond motifs is 3. The van der Waals surface area contributed by atoms with E-state index in [-0.39, 0.29) is 11.9 Å². The number of benzene rings is 4. The normalized spacial score (nSPS) is 19.9. The summed E-state index contributed by atoms with van der Waals surface area (Å²) in [7, 11) is 0. The maximum absolute atomic E-state index is 13.1.